The first-order valence-electron chi connectivity index (χ1n) is 6.07. The zero-order chi connectivity index (χ0) is 12.7. The van der Waals surface area contributed by atoms with E-state index in [0.717, 1.165) is 33.7 Å². The summed E-state index contributed by atoms with van der Waals surface area (Å²) < 4.78 is 5.85. The number of para-hydroxylation sites is 1. The zero-order valence-corrected chi connectivity index (χ0v) is 11.8. The predicted octanol–water partition coefficient (Wildman–Crippen LogP) is 0.621. The summed E-state index contributed by atoms with van der Waals surface area (Å²) in [6, 6.07) is 8.22. The van der Waals surface area contributed by atoms with Crippen LogP contribution in [0.1, 0.15) is 21.1 Å². The SMILES string of the molecule is Cc1nc(NC(C)C)c2oc3ccccc3c2n1.[Cl-].[H+]. The van der Waals surface area contributed by atoms with Crippen LogP contribution < -0.4 is 17.7 Å². The van der Waals surface area contributed by atoms with Gasteiger partial charge in [0.15, 0.2) is 11.4 Å². The Morgan fingerprint density at radius 2 is 1.95 bits per heavy atom. The Morgan fingerprint density at radius 1 is 1.21 bits per heavy atom. The summed E-state index contributed by atoms with van der Waals surface area (Å²) >= 11 is 0. The fourth-order valence-corrected chi connectivity index (χ4v) is 2.07. The molecule has 2 heterocycles. The minimum atomic E-state index is 0. The van der Waals surface area contributed by atoms with Gasteiger partial charge in [0.25, 0.3) is 0 Å². The van der Waals surface area contributed by atoms with Crippen LogP contribution in [0.3, 0.4) is 0 Å². The van der Waals surface area contributed by atoms with Crippen molar-refractivity contribution in [2.24, 2.45) is 0 Å². The van der Waals surface area contributed by atoms with E-state index >= 15 is 0 Å². The molecule has 2 aromatic heterocycles. The van der Waals surface area contributed by atoms with Crippen LogP contribution in [0.4, 0.5) is 5.82 Å². The largest absolute Gasteiger partial charge is 1.00 e. The molecular weight excluding hydrogens is 262 g/mol. The average Bonchev–Trinajstić information content (AvgIpc) is 2.67. The Morgan fingerprint density at radius 3 is 2.68 bits per heavy atom. The van der Waals surface area contributed by atoms with Crippen molar-refractivity contribution in [3.8, 4) is 0 Å². The van der Waals surface area contributed by atoms with Gasteiger partial charge in [-0.25, -0.2) is 9.97 Å². The fraction of sp³-hybridized carbons (Fsp3) is 0.286. The molecule has 4 nitrogen and oxygen atoms in total. The second-order valence-electron chi connectivity index (χ2n) is 4.69. The Kier molecular flexibility index (Phi) is 3.62. The zero-order valence-electron chi connectivity index (χ0n) is 12.1. The molecule has 0 radical (unpaired) electrons. The van der Waals surface area contributed by atoms with Crippen molar-refractivity contribution in [1.82, 2.24) is 9.97 Å². The first-order chi connectivity index (χ1) is 8.65. The number of fused-ring (bicyclic) bond motifs is 3. The van der Waals surface area contributed by atoms with Crippen LogP contribution in [-0.4, -0.2) is 16.0 Å². The second-order valence-corrected chi connectivity index (χ2v) is 4.69. The number of halogens is 1. The second kappa shape index (κ2) is 5.05. The highest BCUT2D eigenvalue weighted by Gasteiger charge is 2.14. The monoisotopic (exact) mass is 277 g/mol. The van der Waals surface area contributed by atoms with Gasteiger partial charge in [-0.05, 0) is 32.9 Å². The lowest BCUT2D eigenvalue weighted by Crippen LogP contribution is -3.00. The third kappa shape index (κ3) is 2.36. The van der Waals surface area contributed by atoms with Gasteiger partial charge >= 0.3 is 1.43 Å². The Hall–Kier alpha value is -1.81. The summed E-state index contributed by atoms with van der Waals surface area (Å²) in [4.78, 5) is 8.91. The molecule has 1 N–H and O–H groups in total. The number of hydrogen-bond acceptors (Lipinski definition) is 4. The first kappa shape index (κ1) is 13.6. The molecule has 0 amide bonds. The lowest BCUT2D eigenvalue weighted by atomic mass is 10.2. The molecule has 0 aliphatic carbocycles. The van der Waals surface area contributed by atoms with Crippen molar-refractivity contribution in [2.75, 3.05) is 5.32 Å². The number of rotatable bonds is 2. The normalized spacial score (nSPS) is 10.9. The van der Waals surface area contributed by atoms with Gasteiger partial charge < -0.3 is 22.1 Å². The molecule has 0 spiro atoms. The lowest BCUT2D eigenvalue weighted by molar-refractivity contribution is -0.00000449. The van der Waals surface area contributed by atoms with E-state index in [0.29, 0.717) is 6.04 Å². The number of benzene rings is 1. The Balaban J connectivity index is 0.000001000. The summed E-state index contributed by atoms with van der Waals surface area (Å²) in [6.45, 7) is 6.05. The minimum Gasteiger partial charge on any atom is -1.00 e. The van der Waals surface area contributed by atoms with Crippen LogP contribution >= 0.6 is 0 Å². The molecule has 0 aliphatic rings. The van der Waals surface area contributed by atoms with Gasteiger partial charge in [-0.2, -0.15) is 0 Å². The number of nitrogens with zero attached hydrogens (tertiary/aromatic N) is 2. The maximum atomic E-state index is 5.85. The molecule has 0 unspecified atom stereocenters. The summed E-state index contributed by atoms with van der Waals surface area (Å²) in [6.07, 6.45) is 0. The molecular formula is C14H16ClN3O. The molecule has 1 aromatic carbocycles. The molecule has 3 aromatic rings. The Labute approximate surface area is 119 Å². The molecule has 0 aliphatic heterocycles. The van der Waals surface area contributed by atoms with Crippen LogP contribution in [0.2, 0.25) is 0 Å². The van der Waals surface area contributed by atoms with Gasteiger partial charge in [0.1, 0.15) is 16.9 Å². The van der Waals surface area contributed by atoms with Crippen LogP contribution in [0, 0.1) is 6.92 Å². The van der Waals surface area contributed by atoms with Crippen molar-refractivity contribution < 1.29 is 18.3 Å². The van der Waals surface area contributed by atoms with Gasteiger partial charge in [-0.1, -0.05) is 12.1 Å². The van der Waals surface area contributed by atoms with Crippen LogP contribution in [-0.2, 0) is 0 Å². The standard InChI is InChI=1S/C14H15N3O.ClH/c1-8(2)15-14-13-12(16-9(3)17-14)10-6-4-5-7-11(10)18-13;/h4-8H,1-3H3,(H,15,16,17);1H. The summed E-state index contributed by atoms with van der Waals surface area (Å²) in [5, 5.41) is 4.34. The van der Waals surface area contributed by atoms with Gasteiger partial charge in [-0.3, -0.25) is 0 Å². The quantitative estimate of drug-likeness (QED) is 0.746. The van der Waals surface area contributed by atoms with Gasteiger partial charge in [0.05, 0.1) is 0 Å². The third-order valence-electron chi connectivity index (χ3n) is 2.76. The fourth-order valence-electron chi connectivity index (χ4n) is 2.07. The molecule has 0 fully saturated rings. The summed E-state index contributed by atoms with van der Waals surface area (Å²) in [5.74, 6) is 1.51. The van der Waals surface area contributed by atoms with Crippen molar-refractivity contribution in [3.63, 3.8) is 0 Å². The molecule has 100 valence electrons. The highest BCUT2D eigenvalue weighted by molar-refractivity contribution is 6.05. The molecule has 0 atom stereocenters. The van der Waals surface area contributed by atoms with Crippen molar-refractivity contribution in [2.45, 2.75) is 26.8 Å². The molecule has 3 rings (SSSR count). The van der Waals surface area contributed by atoms with Crippen LogP contribution in [0.25, 0.3) is 22.1 Å². The number of furan rings is 1. The average molecular weight is 278 g/mol. The highest BCUT2D eigenvalue weighted by Crippen LogP contribution is 2.31. The topological polar surface area (TPSA) is 51.0 Å². The van der Waals surface area contributed by atoms with Crippen LogP contribution in [0.5, 0.6) is 0 Å². The number of aryl methyl sites for hydroxylation is 1. The van der Waals surface area contributed by atoms with E-state index in [9.17, 15) is 0 Å². The predicted molar refractivity (Wildman–Crippen MR) is 73.9 cm³/mol. The molecule has 0 saturated carbocycles. The number of nitrogens with one attached hydrogen (secondary N) is 1. The van der Waals surface area contributed by atoms with E-state index < -0.39 is 0 Å². The lowest BCUT2D eigenvalue weighted by Gasteiger charge is -2.09. The van der Waals surface area contributed by atoms with E-state index in [4.69, 9.17) is 4.42 Å². The first-order valence-corrected chi connectivity index (χ1v) is 6.07. The van der Waals surface area contributed by atoms with Gasteiger partial charge in [0.2, 0.25) is 0 Å². The Bertz CT molecular complexity index is 727. The maximum absolute atomic E-state index is 5.85. The number of hydrogen-bond donors (Lipinski definition) is 1. The highest BCUT2D eigenvalue weighted by atomic mass is 35.5. The minimum absolute atomic E-state index is 0. The molecule has 0 saturated heterocycles. The van der Waals surface area contributed by atoms with Crippen molar-refractivity contribution >= 4 is 27.9 Å². The van der Waals surface area contributed by atoms with E-state index in [1.165, 1.54) is 0 Å². The molecule has 0 bridgehead atoms. The van der Waals surface area contributed by atoms with Gasteiger partial charge in [0, 0.05) is 11.4 Å². The van der Waals surface area contributed by atoms with Crippen molar-refractivity contribution in [3.05, 3.63) is 30.1 Å². The van der Waals surface area contributed by atoms with E-state index in [1.54, 1.807) is 0 Å². The van der Waals surface area contributed by atoms with E-state index in [-0.39, 0.29) is 13.8 Å². The van der Waals surface area contributed by atoms with Gasteiger partial charge in [-0.15, -0.1) is 0 Å². The summed E-state index contributed by atoms with van der Waals surface area (Å²) in [7, 11) is 0. The van der Waals surface area contributed by atoms with E-state index in [2.05, 4.69) is 29.1 Å². The molecule has 19 heavy (non-hydrogen) atoms. The third-order valence-corrected chi connectivity index (χ3v) is 2.76. The smallest absolute Gasteiger partial charge is 1.00 e. The van der Waals surface area contributed by atoms with Crippen LogP contribution in [0.15, 0.2) is 28.7 Å². The summed E-state index contributed by atoms with van der Waals surface area (Å²) in [5.41, 5.74) is 2.45. The molecule has 5 heteroatoms. The number of aromatic nitrogens is 2. The van der Waals surface area contributed by atoms with Crippen molar-refractivity contribution in [1.29, 1.82) is 0 Å². The number of anilines is 1. The maximum Gasteiger partial charge on any atom is 1.00 e. The van der Waals surface area contributed by atoms with E-state index in [1.807, 2.05) is 31.2 Å².